The number of hydrogen-bond acceptors (Lipinski definition) is 3. The quantitative estimate of drug-likeness (QED) is 0.828. The number of aryl methyl sites for hydroxylation is 1. The molecule has 0 saturated carbocycles. The summed E-state index contributed by atoms with van der Waals surface area (Å²) >= 11 is 1.78. The summed E-state index contributed by atoms with van der Waals surface area (Å²) in [5.41, 5.74) is 2.74. The minimum atomic E-state index is 0.485. The van der Waals surface area contributed by atoms with Crippen LogP contribution < -0.4 is 5.32 Å². The average Bonchev–Trinajstić information content (AvgIpc) is 2.58. The lowest BCUT2D eigenvalue weighted by Crippen LogP contribution is -2.29. The van der Waals surface area contributed by atoms with Gasteiger partial charge in [-0.25, -0.2) is 4.98 Å². The maximum atomic E-state index is 4.57. The summed E-state index contributed by atoms with van der Waals surface area (Å²) in [6.45, 7) is 2.07. The monoisotopic (exact) mass is 250 g/mol. The van der Waals surface area contributed by atoms with Crippen molar-refractivity contribution in [2.45, 2.75) is 51.5 Å². The van der Waals surface area contributed by atoms with Gasteiger partial charge in [0, 0.05) is 23.5 Å². The van der Waals surface area contributed by atoms with Crippen LogP contribution in [0.5, 0.6) is 0 Å². The summed E-state index contributed by atoms with van der Waals surface area (Å²) in [5.74, 6) is 0. The molecular weight excluding hydrogens is 228 g/mol. The molecule has 0 fully saturated rings. The normalized spacial score (nSPS) is 18.6. The molecule has 1 atom stereocenters. The molecule has 3 heteroatoms. The first-order chi connectivity index (χ1) is 8.29. The molecule has 1 unspecified atom stereocenters. The molecule has 1 aliphatic carbocycles. The summed E-state index contributed by atoms with van der Waals surface area (Å²) in [5, 5.41) is 6.85. The fourth-order valence-electron chi connectivity index (χ4n) is 2.45. The summed E-state index contributed by atoms with van der Waals surface area (Å²) in [7, 11) is 2.07. The van der Waals surface area contributed by atoms with Gasteiger partial charge in [0.1, 0.15) is 0 Å². The van der Waals surface area contributed by atoms with Crippen molar-refractivity contribution in [3.05, 3.63) is 27.7 Å². The summed E-state index contributed by atoms with van der Waals surface area (Å²) in [6, 6.07) is 0.485. The van der Waals surface area contributed by atoms with Crippen LogP contribution in [0.2, 0.25) is 0 Å². The number of hydrogen-bond donors (Lipinski definition) is 1. The molecule has 0 aromatic carbocycles. The minimum Gasteiger partial charge on any atom is -0.313 e. The van der Waals surface area contributed by atoms with Crippen molar-refractivity contribution in [1.82, 2.24) is 10.3 Å². The second-order valence-corrected chi connectivity index (χ2v) is 5.75. The van der Waals surface area contributed by atoms with Gasteiger partial charge in [-0.1, -0.05) is 18.1 Å². The van der Waals surface area contributed by atoms with Crippen molar-refractivity contribution in [1.29, 1.82) is 0 Å². The van der Waals surface area contributed by atoms with Gasteiger partial charge in [0.05, 0.1) is 5.01 Å². The molecule has 1 aromatic heterocycles. The van der Waals surface area contributed by atoms with Crippen LogP contribution in [0.3, 0.4) is 0 Å². The fourth-order valence-corrected chi connectivity index (χ4v) is 3.26. The van der Waals surface area contributed by atoms with Crippen LogP contribution in [0.1, 0.15) is 42.8 Å². The molecule has 1 aliphatic rings. The van der Waals surface area contributed by atoms with E-state index in [1.54, 1.807) is 16.9 Å². The van der Waals surface area contributed by atoms with Gasteiger partial charge >= 0.3 is 0 Å². The number of thiazole rings is 1. The zero-order chi connectivity index (χ0) is 12.1. The van der Waals surface area contributed by atoms with E-state index in [4.69, 9.17) is 0 Å². The van der Waals surface area contributed by atoms with Crippen molar-refractivity contribution in [3.63, 3.8) is 0 Å². The molecule has 1 aromatic rings. The van der Waals surface area contributed by atoms with Crippen LogP contribution in [-0.4, -0.2) is 18.1 Å². The Labute approximate surface area is 108 Å². The molecule has 0 amide bonds. The Morgan fingerprint density at radius 1 is 1.41 bits per heavy atom. The Morgan fingerprint density at radius 2 is 2.29 bits per heavy atom. The molecule has 2 rings (SSSR count). The van der Waals surface area contributed by atoms with E-state index in [-0.39, 0.29) is 0 Å². The first-order valence-electron chi connectivity index (χ1n) is 6.57. The average molecular weight is 250 g/mol. The molecule has 94 valence electrons. The van der Waals surface area contributed by atoms with Gasteiger partial charge in [-0.15, -0.1) is 11.3 Å². The number of rotatable bonds is 4. The van der Waals surface area contributed by atoms with E-state index >= 15 is 0 Å². The van der Waals surface area contributed by atoms with Crippen molar-refractivity contribution < 1.29 is 0 Å². The summed E-state index contributed by atoms with van der Waals surface area (Å²) in [4.78, 5) is 4.57. The molecular formula is C14H22N2S. The van der Waals surface area contributed by atoms with Gasteiger partial charge in [-0.05, 0) is 39.7 Å². The zero-order valence-corrected chi connectivity index (χ0v) is 11.6. The van der Waals surface area contributed by atoms with Gasteiger partial charge < -0.3 is 5.32 Å². The lowest BCUT2D eigenvalue weighted by atomic mass is 9.99. The highest BCUT2D eigenvalue weighted by molar-refractivity contribution is 7.09. The van der Waals surface area contributed by atoms with E-state index in [1.165, 1.54) is 37.1 Å². The van der Waals surface area contributed by atoms with Crippen molar-refractivity contribution in [3.8, 4) is 0 Å². The Kier molecular flexibility index (Phi) is 4.75. The van der Waals surface area contributed by atoms with Gasteiger partial charge in [-0.2, -0.15) is 0 Å². The summed E-state index contributed by atoms with van der Waals surface area (Å²) in [6.07, 6.45) is 10.1. The van der Waals surface area contributed by atoms with Crippen LogP contribution in [-0.2, 0) is 6.42 Å². The number of nitrogens with zero attached hydrogens (tertiary/aromatic N) is 1. The summed E-state index contributed by atoms with van der Waals surface area (Å²) < 4.78 is 0. The van der Waals surface area contributed by atoms with E-state index in [9.17, 15) is 0 Å². The van der Waals surface area contributed by atoms with Gasteiger partial charge in [0.15, 0.2) is 0 Å². The molecule has 2 nitrogen and oxygen atoms in total. The second-order valence-electron chi connectivity index (χ2n) is 4.81. The largest absolute Gasteiger partial charge is 0.313 e. The Morgan fingerprint density at radius 3 is 3.00 bits per heavy atom. The van der Waals surface area contributed by atoms with Crippen LogP contribution in [0.25, 0.3) is 0 Å². The van der Waals surface area contributed by atoms with Crippen molar-refractivity contribution in [2.75, 3.05) is 7.05 Å². The number of aromatic nitrogens is 1. The van der Waals surface area contributed by atoms with E-state index in [0.717, 1.165) is 12.1 Å². The van der Waals surface area contributed by atoms with E-state index in [2.05, 4.69) is 35.7 Å². The van der Waals surface area contributed by atoms with E-state index in [0.29, 0.717) is 6.04 Å². The number of allylic oxidation sites excluding steroid dienone is 1. The first kappa shape index (κ1) is 12.8. The number of nitrogens with one attached hydrogen (secondary N) is 1. The second kappa shape index (κ2) is 6.31. The molecule has 0 aliphatic heterocycles. The maximum absolute atomic E-state index is 4.57. The van der Waals surface area contributed by atoms with Gasteiger partial charge in [-0.3, -0.25) is 0 Å². The first-order valence-corrected chi connectivity index (χ1v) is 7.44. The standard InChI is InChI=1S/C14H22N2S/c1-11-10-17-14(16-11)9-13(15-2)12-7-5-3-4-6-8-12/h7,10,13,15H,3-6,8-9H2,1-2H3. The van der Waals surface area contributed by atoms with E-state index < -0.39 is 0 Å². The predicted octanol–water partition coefficient (Wildman–Crippen LogP) is 3.47. The molecule has 0 saturated heterocycles. The fraction of sp³-hybridized carbons (Fsp3) is 0.643. The number of likely N-dealkylation sites (N-methyl/N-ethyl adjacent to an activating group) is 1. The van der Waals surface area contributed by atoms with Crippen LogP contribution in [0, 0.1) is 6.92 Å². The highest BCUT2D eigenvalue weighted by atomic mass is 32.1. The zero-order valence-electron chi connectivity index (χ0n) is 10.8. The van der Waals surface area contributed by atoms with Gasteiger partial charge in [0.25, 0.3) is 0 Å². The van der Waals surface area contributed by atoms with Crippen LogP contribution in [0.15, 0.2) is 17.0 Å². The molecule has 0 bridgehead atoms. The molecule has 17 heavy (non-hydrogen) atoms. The minimum absolute atomic E-state index is 0.485. The lowest BCUT2D eigenvalue weighted by Gasteiger charge is -2.18. The molecule has 0 radical (unpaired) electrons. The van der Waals surface area contributed by atoms with Crippen LogP contribution in [0.4, 0.5) is 0 Å². The molecule has 1 heterocycles. The predicted molar refractivity (Wildman–Crippen MR) is 74.6 cm³/mol. The molecule has 1 N–H and O–H groups in total. The Bertz CT molecular complexity index is 381. The highest BCUT2D eigenvalue weighted by Crippen LogP contribution is 2.22. The Balaban J connectivity index is 2.02. The van der Waals surface area contributed by atoms with Crippen molar-refractivity contribution >= 4 is 11.3 Å². The third-order valence-corrected chi connectivity index (χ3v) is 4.41. The smallest absolute Gasteiger partial charge is 0.0946 e. The van der Waals surface area contributed by atoms with Gasteiger partial charge in [0.2, 0.25) is 0 Å². The topological polar surface area (TPSA) is 24.9 Å². The third-order valence-electron chi connectivity index (χ3n) is 3.42. The van der Waals surface area contributed by atoms with Crippen molar-refractivity contribution in [2.24, 2.45) is 0 Å². The lowest BCUT2D eigenvalue weighted by molar-refractivity contribution is 0.596. The molecule has 0 spiro atoms. The Hall–Kier alpha value is -0.670. The third kappa shape index (κ3) is 3.65. The SMILES string of the molecule is CNC(Cc1nc(C)cs1)C1=CCCCCC1. The van der Waals surface area contributed by atoms with Crippen LogP contribution >= 0.6 is 11.3 Å². The maximum Gasteiger partial charge on any atom is 0.0946 e. The van der Waals surface area contributed by atoms with E-state index in [1.807, 2.05) is 0 Å². The highest BCUT2D eigenvalue weighted by Gasteiger charge is 2.15.